The zero-order chi connectivity index (χ0) is 22.1. The lowest BCUT2D eigenvalue weighted by molar-refractivity contribution is -0.304. The van der Waals surface area contributed by atoms with Crippen LogP contribution in [0, 0.1) is 0 Å². The molecule has 1 aliphatic rings. The third kappa shape index (κ3) is 9.51. The summed E-state index contributed by atoms with van der Waals surface area (Å²) in [4.78, 5) is 0. The van der Waals surface area contributed by atoms with E-state index in [4.69, 9.17) is 18.9 Å². The first-order valence-electron chi connectivity index (χ1n) is 10.4. The molecule has 1 aliphatic heterocycles. The highest BCUT2D eigenvalue weighted by Crippen LogP contribution is 2.32. The van der Waals surface area contributed by atoms with Gasteiger partial charge in [0, 0.05) is 5.54 Å². The Morgan fingerprint density at radius 2 is 1.21 bits per heavy atom. The van der Waals surface area contributed by atoms with Gasteiger partial charge >= 0.3 is 0 Å². The van der Waals surface area contributed by atoms with E-state index in [1.54, 1.807) is 0 Å². The van der Waals surface area contributed by atoms with Crippen LogP contribution in [0.15, 0.2) is 0 Å². The van der Waals surface area contributed by atoms with Gasteiger partial charge in [-0.15, -0.1) is 0 Å². The van der Waals surface area contributed by atoms with Crippen molar-refractivity contribution >= 4 is 0 Å². The molecule has 0 spiro atoms. The summed E-state index contributed by atoms with van der Waals surface area (Å²) in [5.74, 6) is 0. The van der Waals surface area contributed by atoms with Gasteiger partial charge in [-0.25, -0.2) is 0 Å². The van der Waals surface area contributed by atoms with Gasteiger partial charge in [-0.2, -0.15) is 0 Å². The molecule has 0 aromatic rings. The van der Waals surface area contributed by atoms with E-state index in [-0.39, 0.29) is 11.1 Å². The Hall–Kier alpha value is -0.240. The molecule has 0 bridgehead atoms. The van der Waals surface area contributed by atoms with Crippen LogP contribution in [0.2, 0.25) is 0 Å². The Bertz CT molecular complexity index is 481. The van der Waals surface area contributed by atoms with E-state index < -0.39 is 41.8 Å². The molecule has 0 aromatic carbocycles. The molecule has 0 aromatic heterocycles. The largest absolute Gasteiger partial charge is 0.373 e. The molecule has 0 saturated carbocycles. The van der Waals surface area contributed by atoms with Crippen LogP contribution in [0.5, 0.6) is 0 Å². The number of hydrogen-bond donors (Lipinski definition) is 2. The first-order chi connectivity index (χ1) is 12.3. The standard InChI is InChI=1S/C22H45NO5/c1-19(2,3)23-15-17(28-22(10,11)12)16(27-21(7,8)9)14(26-18(15)24)13-25-20(4,5)6/h14-18,23-24H,13H2,1-12H3. The van der Waals surface area contributed by atoms with Gasteiger partial charge in [0.05, 0.1) is 29.5 Å². The zero-order valence-electron chi connectivity index (χ0n) is 20.2. The minimum atomic E-state index is -1.03. The second kappa shape index (κ2) is 8.86. The topological polar surface area (TPSA) is 69.2 Å². The van der Waals surface area contributed by atoms with E-state index in [1.165, 1.54) is 0 Å². The van der Waals surface area contributed by atoms with Gasteiger partial charge < -0.3 is 29.4 Å². The maximum Gasteiger partial charge on any atom is 0.173 e. The lowest BCUT2D eigenvalue weighted by Gasteiger charge is -2.50. The maximum atomic E-state index is 10.8. The highest BCUT2D eigenvalue weighted by Gasteiger charge is 2.50. The molecule has 0 radical (unpaired) electrons. The molecular weight excluding hydrogens is 358 g/mol. The molecular formula is C22H45NO5. The van der Waals surface area contributed by atoms with Crippen molar-refractivity contribution in [3.05, 3.63) is 0 Å². The van der Waals surface area contributed by atoms with Crippen LogP contribution in [-0.2, 0) is 18.9 Å². The summed E-state index contributed by atoms with van der Waals surface area (Å²) in [6, 6.07) is -0.433. The SMILES string of the molecule is CC(C)(C)NC1C(O)OC(COC(C)(C)C)C(OC(C)(C)C)C1OC(C)(C)C. The van der Waals surface area contributed by atoms with Gasteiger partial charge in [-0.05, 0) is 83.1 Å². The number of nitrogens with one attached hydrogen (secondary N) is 1. The van der Waals surface area contributed by atoms with Crippen molar-refractivity contribution < 1.29 is 24.1 Å². The predicted octanol–water partition coefficient (Wildman–Crippen LogP) is 3.64. The molecule has 28 heavy (non-hydrogen) atoms. The van der Waals surface area contributed by atoms with Crippen LogP contribution in [0.1, 0.15) is 83.1 Å². The van der Waals surface area contributed by atoms with Crippen molar-refractivity contribution in [3.63, 3.8) is 0 Å². The molecule has 1 saturated heterocycles. The lowest BCUT2D eigenvalue weighted by atomic mass is 9.92. The monoisotopic (exact) mass is 403 g/mol. The molecule has 1 rings (SSSR count). The lowest BCUT2D eigenvalue weighted by Crippen LogP contribution is -2.69. The Labute approximate surface area is 172 Å². The number of aliphatic hydroxyl groups excluding tert-OH is 1. The third-order valence-electron chi connectivity index (χ3n) is 3.93. The first kappa shape index (κ1) is 25.8. The molecule has 2 N–H and O–H groups in total. The summed E-state index contributed by atoms with van der Waals surface area (Å²) >= 11 is 0. The Balaban J connectivity index is 3.26. The molecule has 168 valence electrons. The van der Waals surface area contributed by atoms with Crippen molar-refractivity contribution in [2.45, 2.75) is 136 Å². The Morgan fingerprint density at radius 1 is 0.750 bits per heavy atom. The van der Waals surface area contributed by atoms with Crippen molar-refractivity contribution in [3.8, 4) is 0 Å². The highest BCUT2D eigenvalue weighted by molar-refractivity contribution is 4.99. The fourth-order valence-electron chi connectivity index (χ4n) is 3.14. The molecule has 6 nitrogen and oxygen atoms in total. The number of rotatable bonds is 5. The van der Waals surface area contributed by atoms with E-state index in [0.717, 1.165) is 0 Å². The average Bonchev–Trinajstić information content (AvgIpc) is 2.39. The minimum Gasteiger partial charge on any atom is -0.373 e. The summed E-state index contributed by atoms with van der Waals surface area (Å²) in [6.07, 6.45) is -2.28. The smallest absolute Gasteiger partial charge is 0.173 e. The van der Waals surface area contributed by atoms with Gasteiger partial charge in [-0.3, -0.25) is 0 Å². The zero-order valence-corrected chi connectivity index (χ0v) is 20.2. The van der Waals surface area contributed by atoms with Crippen LogP contribution in [-0.4, -0.2) is 64.7 Å². The van der Waals surface area contributed by atoms with Gasteiger partial charge in [-0.1, -0.05) is 0 Å². The summed E-state index contributed by atoms with van der Waals surface area (Å²) in [6.45, 7) is 24.6. The van der Waals surface area contributed by atoms with Crippen molar-refractivity contribution in [1.82, 2.24) is 5.32 Å². The quantitative estimate of drug-likeness (QED) is 0.730. The summed E-state index contributed by atoms with van der Waals surface area (Å²) in [5, 5.41) is 14.3. The molecule has 5 unspecified atom stereocenters. The fraction of sp³-hybridized carbons (Fsp3) is 1.00. The van der Waals surface area contributed by atoms with Gasteiger partial charge in [0.1, 0.15) is 18.3 Å². The van der Waals surface area contributed by atoms with E-state index in [2.05, 4.69) is 26.1 Å². The van der Waals surface area contributed by atoms with Gasteiger partial charge in [0.2, 0.25) is 0 Å². The Kier molecular flexibility index (Phi) is 8.17. The second-order valence-corrected chi connectivity index (χ2v) is 11.8. The Morgan fingerprint density at radius 3 is 1.61 bits per heavy atom. The van der Waals surface area contributed by atoms with E-state index in [0.29, 0.717) is 6.61 Å². The average molecular weight is 404 g/mol. The van der Waals surface area contributed by atoms with E-state index in [1.807, 2.05) is 62.3 Å². The van der Waals surface area contributed by atoms with Gasteiger partial charge in [0.15, 0.2) is 6.29 Å². The number of hydrogen-bond acceptors (Lipinski definition) is 6. The van der Waals surface area contributed by atoms with Gasteiger partial charge in [0.25, 0.3) is 0 Å². The molecule has 0 aliphatic carbocycles. The molecule has 6 heteroatoms. The van der Waals surface area contributed by atoms with Crippen molar-refractivity contribution in [2.24, 2.45) is 0 Å². The third-order valence-corrected chi connectivity index (χ3v) is 3.93. The number of ether oxygens (including phenoxy) is 4. The van der Waals surface area contributed by atoms with Crippen molar-refractivity contribution in [2.75, 3.05) is 6.61 Å². The molecule has 1 fully saturated rings. The van der Waals surface area contributed by atoms with Crippen LogP contribution in [0.3, 0.4) is 0 Å². The van der Waals surface area contributed by atoms with E-state index >= 15 is 0 Å². The van der Waals surface area contributed by atoms with Crippen LogP contribution in [0.4, 0.5) is 0 Å². The summed E-state index contributed by atoms with van der Waals surface area (Å²) in [7, 11) is 0. The van der Waals surface area contributed by atoms with Crippen LogP contribution in [0.25, 0.3) is 0 Å². The minimum absolute atomic E-state index is 0.227. The predicted molar refractivity (Wildman–Crippen MR) is 113 cm³/mol. The molecule has 5 atom stereocenters. The maximum absolute atomic E-state index is 10.8. The molecule has 1 heterocycles. The van der Waals surface area contributed by atoms with Crippen LogP contribution < -0.4 is 5.32 Å². The van der Waals surface area contributed by atoms with Crippen LogP contribution >= 0.6 is 0 Å². The number of aliphatic hydroxyl groups is 1. The first-order valence-corrected chi connectivity index (χ1v) is 10.4. The highest BCUT2D eigenvalue weighted by atomic mass is 16.7. The summed E-state index contributed by atoms with van der Waals surface area (Å²) in [5.41, 5.74) is -1.35. The summed E-state index contributed by atoms with van der Waals surface area (Å²) < 4.78 is 24.9. The normalized spacial score (nSPS) is 30.5. The van der Waals surface area contributed by atoms with E-state index in [9.17, 15) is 5.11 Å². The van der Waals surface area contributed by atoms with Crippen molar-refractivity contribution in [1.29, 1.82) is 0 Å². The molecule has 0 amide bonds. The fourth-order valence-corrected chi connectivity index (χ4v) is 3.14. The second-order valence-electron chi connectivity index (χ2n) is 11.8.